The summed E-state index contributed by atoms with van der Waals surface area (Å²) in [4.78, 5) is 25.1. The zero-order valence-corrected chi connectivity index (χ0v) is 11.8. The van der Waals surface area contributed by atoms with E-state index in [9.17, 15) is 9.59 Å². The molecule has 2 amide bonds. The van der Waals surface area contributed by atoms with Crippen LogP contribution in [0.1, 0.15) is 25.3 Å². The quantitative estimate of drug-likeness (QED) is 0.806. The monoisotopic (exact) mass is 275 g/mol. The van der Waals surface area contributed by atoms with Crippen molar-refractivity contribution in [2.75, 3.05) is 18.8 Å². The van der Waals surface area contributed by atoms with Crippen molar-refractivity contribution >= 4 is 17.5 Å². The number of likely N-dealkylation sites (tertiary alicyclic amines) is 1. The number of hydrogen-bond donors (Lipinski definition) is 2. The van der Waals surface area contributed by atoms with E-state index in [4.69, 9.17) is 5.73 Å². The summed E-state index contributed by atoms with van der Waals surface area (Å²) in [6, 6.07) is 7.62. The van der Waals surface area contributed by atoms with Crippen molar-refractivity contribution < 1.29 is 9.59 Å². The zero-order valence-electron chi connectivity index (χ0n) is 11.8. The highest BCUT2D eigenvalue weighted by molar-refractivity contribution is 5.79. The molecule has 1 saturated heterocycles. The molecule has 5 heteroatoms. The van der Waals surface area contributed by atoms with Gasteiger partial charge in [-0.05, 0) is 30.5 Å². The topological polar surface area (TPSA) is 75.4 Å². The van der Waals surface area contributed by atoms with Gasteiger partial charge in [0, 0.05) is 31.7 Å². The molecule has 1 aromatic rings. The maximum Gasteiger partial charge on any atom is 0.226 e. The first-order chi connectivity index (χ1) is 9.54. The highest BCUT2D eigenvalue weighted by Crippen LogP contribution is 2.13. The third-order valence-electron chi connectivity index (χ3n) is 3.56. The van der Waals surface area contributed by atoms with Crippen molar-refractivity contribution in [3.05, 3.63) is 29.8 Å². The van der Waals surface area contributed by atoms with Crippen LogP contribution in [-0.2, 0) is 16.0 Å². The van der Waals surface area contributed by atoms with Crippen molar-refractivity contribution in [2.24, 2.45) is 0 Å². The Labute approximate surface area is 119 Å². The van der Waals surface area contributed by atoms with Crippen molar-refractivity contribution in [3.63, 3.8) is 0 Å². The largest absolute Gasteiger partial charge is 0.399 e. The van der Waals surface area contributed by atoms with E-state index < -0.39 is 0 Å². The Balaban J connectivity index is 1.84. The Morgan fingerprint density at radius 2 is 2.05 bits per heavy atom. The number of nitrogens with zero attached hydrogens (tertiary/aromatic N) is 1. The number of amides is 2. The molecule has 5 nitrogen and oxygen atoms in total. The summed E-state index contributed by atoms with van der Waals surface area (Å²) in [5.41, 5.74) is 7.34. The minimum absolute atomic E-state index is 0.00506. The van der Waals surface area contributed by atoms with E-state index in [1.165, 1.54) is 6.92 Å². The predicted molar refractivity (Wildman–Crippen MR) is 78.0 cm³/mol. The maximum absolute atomic E-state index is 12.2. The van der Waals surface area contributed by atoms with Gasteiger partial charge in [0.05, 0.1) is 6.42 Å². The van der Waals surface area contributed by atoms with Crippen molar-refractivity contribution in [1.82, 2.24) is 10.2 Å². The fourth-order valence-electron chi connectivity index (χ4n) is 2.55. The molecular weight excluding hydrogens is 254 g/mol. The first kappa shape index (κ1) is 14.4. The number of rotatable bonds is 3. The van der Waals surface area contributed by atoms with Gasteiger partial charge in [-0.25, -0.2) is 0 Å². The molecule has 0 unspecified atom stereocenters. The Bertz CT molecular complexity index is 494. The third-order valence-corrected chi connectivity index (χ3v) is 3.56. The first-order valence-electron chi connectivity index (χ1n) is 6.94. The first-order valence-corrected chi connectivity index (χ1v) is 6.94. The van der Waals surface area contributed by atoms with Gasteiger partial charge in [-0.3, -0.25) is 9.59 Å². The molecule has 0 bridgehead atoms. The lowest BCUT2D eigenvalue weighted by Crippen LogP contribution is -2.46. The van der Waals surface area contributed by atoms with Crippen LogP contribution in [0.5, 0.6) is 0 Å². The van der Waals surface area contributed by atoms with Crippen molar-refractivity contribution in [2.45, 2.75) is 32.2 Å². The molecule has 0 atom stereocenters. The number of nitrogens with two attached hydrogens (primary N) is 1. The number of carbonyl (C=O) groups is 2. The summed E-state index contributed by atoms with van der Waals surface area (Å²) >= 11 is 0. The van der Waals surface area contributed by atoms with E-state index in [-0.39, 0.29) is 17.9 Å². The van der Waals surface area contributed by atoms with Crippen LogP contribution in [0.15, 0.2) is 24.3 Å². The molecule has 0 spiro atoms. The number of hydrogen-bond acceptors (Lipinski definition) is 3. The lowest BCUT2D eigenvalue weighted by molar-refractivity contribution is -0.131. The lowest BCUT2D eigenvalue weighted by Gasteiger charge is -2.32. The smallest absolute Gasteiger partial charge is 0.226 e. The SMILES string of the molecule is CC(=O)NC1CCN(C(=O)Cc2cccc(N)c2)CC1. The second-order valence-corrected chi connectivity index (χ2v) is 5.28. The Morgan fingerprint density at radius 3 is 2.65 bits per heavy atom. The van der Waals surface area contributed by atoms with E-state index in [0.29, 0.717) is 25.2 Å². The highest BCUT2D eigenvalue weighted by atomic mass is 16.2. The van der Waals surface area contributed by atoms with Crippen LogP contribution < -0.4 is 11.1 Å². The molecule has 0 radical (unpaired) electrons. The fourth-order valence-corrected chi connectivity index (χ4v) is 2.55. The normalized spacial score (nSPS) is 15.9. The van der Waals surface area contributed by atoms with Gasteiger partial charge in [-0.2, -0.15) is 0 Å². The van der Waals surface area contributed by atoms with Gasteiger partial charge in [0.25, 0.3) is 0 Å². The second-order valence-electron chi connectivity index (χ2n) is 5.28. The molecule has 2 rings (SSSR count). The van der Waals surface area contributed by atoms with Crippen LogP contribution in [0.2, 0.25) is 0 Å². The zero-order chi connectivity index (χ0) is 14.5. The van der Waals surface area contributed by atoms with Crippen LogP contribution in [0, 0.1) is 0 Å². The molecule has 0 saturated carbocycles. The summed E-state index contributed by atoms with van der Waals surface area (Å²) in [6.07, 6.45) is 2.03. The van der Waals surface area contributed by atoms with Gasteiger partial charge in [-0.15, -0.1) is 0 Å². The number of carbonyl (C=O) groups excluding carboxylic acids is 2. The second kappa shape index (κ2) is 6.41. The minimum Gasteiger partial charge on any atom is -0.399 e. The van der Waals surface area contributed by atoms with E-state index >= 15 is 0 Å². The van der Waals surface area contributed by atoms with E-state index in [0.717, 1.165) is 18.4 Å². The predicted octanol–water partition coefficient (Wildman–Crippen LogP) is 0.938. The van der Waals surface area contributed by atoms with E-state index in [1.807, 2.05) is 29.2 Å². The van der Waals surface area contributed by atoms with Crippen LogP contribution >= 0.6 is 0 Å². The fraction of sp³-hybridized carbons (Fsp3) is 0.467. The van der Waals surface area contributed by atoms with Crippen molar-refractivity contribution in [1.29, 1.82) is 0 Å². The molecule has 1 aromatic carbocycles. The molecular formula is C15H21N3O2. The van der Waals surface area contributed by atoms with Crippen LogP contribution in [0.25, 0.3) is 0 Å². The summed E-state index contributed by atoms with van der Waals surface area (Å²) in [6.45, 7) is 2.93. The molecule has 1 aliphatic heterocycles. The van der Waals surface area contributed by atoms with Gasteiger partial charge >= 0.3 is 0 Å². The van der Waals surface area contributed by atoms with Gasteiger partial charge in [0.2, 0.25) is 11.8 Å². The molecule has 1 heterocycles. The Morgan fingerprint density at radius 1 is 1.35 bits per heavy atom. The average molecular weight is 275 g/mol. The van der Waals surface area contributed by atoms with E-state index in [2.05, 4.69) is 5.32 Å². The van der Waals surface area contributed by atoms with Crippen molar-refractivity contribution in [3.8, 4) is 0 Å². The van der Waals surface area contributed by atoms with E-state index in [1.54, 1.807) is 0 Å². The van der Waals surface area contributed by atoms with Gasteiger partial charge in [0.1, 0.15) is 0 Å². The summed E-state index contributed by atoms with van der Waals surface area (Å²) in [7, 11) is 0. The average Bonchev–Trinajstić information content (AvgIpc) is 2.38. The molecule has 108 valence electrons. The number of piperidine rings is 1. The maximum atomic E-state index is 12.2. The number of benzene rings is 1. The molecule has 1 fully saturated rings. The molecule has 20 heavy (non-hydrogen) atoms. The van der Waals surface area contributed by atoms with Crippen LogP contribution in [0.3, 0.4) is 0 Å². The summed E-state index contributed by atoms with van der Waals surface area (Å²) < 4.78 is 0. The number of anilines is 1. The van der Waals surface area contributed by atoms with Crippen LogP contribution in [0.4, 0.5) is 5.69 Å². The molecule has 0 aromatic heterocycles. The standard InChI is InChI=1S/C15H21N3O2/c1-11(19)17-14-5-7-18(8-6-14)15(20)10-12-3-2-4-13(16)9-12/h2-4,9,14H,5-8,10,16H2,1H3,(H,17,19). The minimum atomic E-state index is -0.00506. The third kappa shape index (κ3) is 3.98. The van der Waals surface area contributed by atoms with Gasteiger partial charge in [0.15, 0.2) is 0 Å². The molecule has 0 aliphatic carbocycles. The number of nitrogens with one attached hydrogen (secondary N) is 1. The van der Waals surface area contributed by atoms with Gasteiger partial charge < -0.3 is 16.0 Å². The van der Waals surface area contributed by atoms with Gasteiger partial charge in [-0.1, -0.05) is 12.1 Å². The molecule has 1 aliphatic rings. The lowest BCUT2D eigenvalue weighted by atomic mass is 10.0. The number of nitrogen functional groups attached to an aromatic ring is 1. The molecule has 3 N–H and O–H groups in total. The summed E-state index contributed by atoms with van der Waals surface area (Å²) in [5, 5.41) is 2.90. The Hall–Kier alpha value is -2.04. The highest BCUT2D eigenvalue weighted by Gasteiger charge is 2.23. The summed E-state index contributed by atoms with van der Waals surface area (Å²) in [5.74, 6) is 0.117. The Kier molecular flexibility index (Phi) is 4.61. The van der Waals surface area contributed by atoms with Crippen LogP contribution in [-0.4, -0.2) is 35.8 Å².